The molecule has 0 bridgehead atoms. The minimum Gasteiger partial charge on any atom is -0.750 e. The fourth-order valence-corrected chi connectivity index (χ4v) is 1.74. The van der Waals surface area contributed by atoms with Gasteiger partial charge in [0.25, 0.3) is 0 Å². The van der Waals surface area contributed by atoms with Crippen molar-refractivity contribution < 1.29 is 12.9 Å². The molecule has 0 aliphatic carbocycles. The second kappa shape index (κ2) is 10.2. The van der Waals surface area contributed by atoms with Crippen molar-refractivity contribution in [3.05, 3.63) is 0 Å². The van der Waals surface area contributed by atoms with Crippen molar-refractivity contribution in [1.82, 2.24) is 5.32 Å². The van der Waals surface area contributed by atoms with Crippen LogP contribution in [0.25, 0.3) is 0 Å². The normalized spacial score (nSPS) is 15.3. The lowest BCUT2D eigenvalue weighted by Gasteiger charge is -2.14. The molecule has 0 saturated carbocycles. The van der Waals surface area contributed by atoms with Gasteiger partial charge in [-0.15, -0.1) is 0 Å². The van der Waals surface area contributed by atoms with Gasteiger partial charge in [0.1, 0.15) is 0 Å². The van der Waals surface area contributed by atoms with Gasteiger partial charge < -0.3 is 14.1 Å². The van der Waals surface area contributed by atoms with Crippen molar-refractivity contribution in [2.24, 2.45) is 5.92 Å². The predicted molar refractivity (Wildman–Crippen MR) is 65.6 cm³/mol. The van der Waals surface area contributed by atoms with E-state index in [-0.39, 0.29) is 6.61 Å². The summed E-state index contributed by atoms with van der Waals surface area (Å²) in [6.45, 7) is 7.70. The summed E-state index contributed by atoms with van der Waals surface area (Å²) in [7, 11) is 0. The molecule has 0 spiro atoms. The minimum absolute atomic E-state index is 0.266. The van der Waals surface area contributed by atoms with E-state index in [1.165, 1.54) is 19.3 Å². The van der Waals surface area contributed by atoms with E-state index < -0.39 is 11.4 Å². The summed E-state index contributed by atoms with van der Waals surface area (Å²) >= 11 is -2.37. The van der Waals surface area contributed by atoms with Gasteiger partial charge in [-0.25, -0.2) is 4.21 Å². The SMILES string of the molecule is CC(C)CCCC(C)NCCCOS(=O)[O-]. The van der Waals surface area contributed by atoms with E-state index in [1.807, 2.05) is 0 Å². The molecule has 0 aromatic rings. The molecule has 0 rings (SSSR count). The molecule has 1 N–H and O–H groups in total. The minimum atomic E-state index is -2.37. The molecule has 0 aliphatic rings. The zero-order chi connectivity index (χ0) is 12.4. The average Bonchev–Trinajstić information content (AvgIpc) is 2.16. The highest BCUT2D eigenvalue weighted by Crippen LogP contribution is 2.08. The molecule has 16 heavy (non-hydrogen) atoms. The summed E-state index contributed by atoms with van der Waals surface area (Å²) in [5.74, 6) is 0.771. The molecule has 0 radical (unpaired) electrons. The van der Waals surface area contributed by atoms with Crippen LogP contribution in [0.2, 0.25) is 0 Å². The zero-order valence-corrected chi connectivity index (χ0v) is 11.3. The van der Waals surface area contributed by atoms with Crippen LogP contribution in [0.1, 0.15) is 46.5 Å². The lowest BCUT2D eigenvalue weighted by atomic mass is 10.0. The molecule has 2 unspecified atom stereocenters. The van der Waals surface area contributed by atoms with Crippen LogP contribution in [-0.4, -0.2) is 28.0 Å². The maximum Gasteiger partial charge on any atom is 0.0842 e. The first kappa shape index (κ1) is 16.0. The number of nitrogens with one attached hydrogen (secondary N) is 1. The van der Waals surface area contributed by atoms with Crippen LogP contribution in [0.4, 0.5) is 0 Å². The average molecular weight is 250 g/mol. The van der Waals surface area contributed by atoms with Gasteiger partial charge in [-0.3, -0.25) is 0 Å². The molecule has 4 nitrogen and oxygen atoms in total. The van der Waals surface area contributed by atoms with Crippen LogP contribution in [0.5, 0.6) is 0 Å². The monoisotopic (exact) mass is 250 g/mol. The van der Waals surface area contributed by atoms with Crippen LogP contribution in [-0.2, 0) is 15.5 Å². The van der Waals surface area contributed by atoms with Gasteiger partial charge in [-0.05, 0) is 32.2 Å². The first-order valence-corrected chi connectivity index (χ1v) is 6.98. The van der Waals surface area contributed by atoms with Gasteiger partial charge in [0.05, 0.1) is 18.0 Å². The highest BCUT2D eigenvalue weighted by atomic mass is 32.2. The van der Waals surface area contributed by atoms with E-state index in [1.54, 1.807) is 0 Å². The Morgan fingerprint density at radius 1 is 1.25 bits per heavy atom. The maximum atomic E-state index is 10.1. The van der Waals surface area contributed by atoms with E-state index in [9.17, 15) is 8.76 Å². The number of hydrogen-bond donors (Lipinski definition) is 1. The number of hydrogen-bond acceptors (Lipinski definition) is 4. The lowest BCUT2D eigenvalue weighted by molar-refractivity contribution is 0.291. The van der Waals surface area contributed by atoms with E-state index in [0.29, 0.717) is 6.04 Å². The second-order valence-electron chi connectivity index (χ2n) is 4.56. The van der Waals surface area contributed by atoms with Gasteiger partial charge in [-0.1, -0.05) is 26.7 Å². The molecule has 5 heteroatoms. The molecule has 0 aromatic heterocycles. The highest BCUT2D eigenvalue weighted by molar-refractivity contribution is 7.74. The lowest BCUT2D eigenvalue weighted by Crippen LogP contribution is -2.27. The Labute approximate surface area is 102 Å². The highest BCUT2D eigenvalue weighted by Gasteiger charge is 2.01. The van der Waals surface area contributed by atoms with Crippen molar-refractivity contribution >= 4 is 11.4 Å². The van der Waals surface area contributed by atoms with Crippen LogP contribution >= 0.6 is 0 Å². The molecule has 0 amide bonds. The fourth-order valence-electron chi connectivity index (χ4n) is 1.48. The summed E-state index contributed by atoms with van der Waals surface area (Å²) in [5.41, 5.74) is 0. The topological polar surface area (TPSA) is 61.4 Å². The molecule has 0 fully saturated rings. The zero-order valence-electron chi connectivity index (χ0n) is 10.5. The van der Waals surface area contributed by atoms with Crippen molar-refractivity contribution in [3.63, 3.8) is 0 Å². The van der Waals surface area contributed by atoms with Crippen molar-refractivity contribution in [2.75, 3.05) is 13.2 Å². The molecule has 0 aromatic carbocycles. The Bertz CT molecular complexity index is 188. The molecule has 0 heterocycles. The second-order valence-corrected chi connectivity index (χ2v) is 5.20. The Morgan fingerprint density at radius 2 is 1.94 bits per heavy atom. The standard InChI is InChI=1S/C11H25NO3S/c1-10(2)6-4-7-11(3)12-8-5-9-15-16(13)14/h10-12H,4-9H2,1-3H3,(H,13,14)/p-1. The third kappa shape index (κ3) is 12.1. The smallest absolute Gasteiger partial charge is 0.0842 e. The van der Waals surface area contributed by atoms with E-state index in [0.717, 1.165) is 18.9 Å². The van der Waals surface area contributed by atoms with E-state index in [4.69, 9.17) is 0 Å². The Hall–Kier alpha value is 0.0300. The van der Waals surface area contributed by atoms with E-state index >= 15 is 0 Å². The van der Waals surface area contributed by atoms with Crippen LogP contribution < -0.4 is 5.32 Å². The summed E-state index contributed by atoms with van der Waals surface area (Å²) in [5, 5.41) is 3.35. The van der Waals surface area contributed by atoms with Crippen LogP contribution in [0.3, 0.4) is 0 Å². The Kier molecular flexibility index (Phi) is 10.2. The van der Waals surface area contributed by atoms with Gasteiger partial charge >= 0.3 is 0 Å². The quantitative estimate of drug-likeness (QED) is 0.476. The largest absolute Gasteiger partial charge is 0.750 e. The van der Waals surface area contributed by atoms with Crippen molar-refractivity contribution in [3.8, 4) is 0 Å². The third-order valence-corrected chi connectivity index (χ3v) is 2.77. The molecule has 2 atom stereocenters. The fraction of sp³-hybridized carbons (Fsp3) is 1.00. The van der Waals surface area contributed by atoms with Gasteiger partial charge in [-0.2, -0.15) is 0 Å². The maximum absolute atomic E-state index is 10.1. The van der Waals surface area contributed by atoms with Gasteiger partial charge in [0.15, 0.2) is 0 Å². The van der Waals surface area contributed by atoms with E-state index in [2.05, 4.69) is 30.3 Å². The van der Waals surface area contributed by atoms with Gasteiger partial charge in [0, 0.05) is 6.04 Å². The third-order valence-electron chi connectivity index (χ3n) is 2.41. The van der Waals surface area contributed by atoms with Gasteiger partial charge in [0.2, 0.25) is 0 Å². The number of rotatable bonds is 10. The predicted octanol–water partition coefficient (Wildman–Crippen LogP) is 1.99. The molecular formula is C11H24NO3S-. The first-order valence-electron chi connectivity index (χ1n) is 5.98. The van der Waals surface area contributed by atoms with Crippen LogP contribution in [0, 0.1) is 5.92 Å². The molecule has 98 valence electrons. The molecular weight excluding hydrogens is 226 g/mol. The van der Waals surface area contributed by atoms with Crippen molar-refractivity contribution in [1.29, 1.82) is 0 Å². The first-order chi connectivity index (χ1) is 7.52. The summed E-state index contributed by atoms with van der Waals surface area (Å²) in [6, 6.07) is 0.497. The Morgan fingerprint density at radius 3 is 2.50 bits per heavy atom. The summed E-state index contributed by atoms with van der Waals surface area (Å²) < 4.78 is 24.5. The summed E-state index contributed by atoms with van der Waals surface area (Å²) in [4.78, 5) is 0. The molecule has 0 aliphatic heterocycles. The van der Waals surface area contributed by atoms with Crippen molar-refractivity contribution in [2.45, 2.75) is 52.5 Å². The van der Waals surface area contributed by atoms with Crippen LogP contribution in [0.15, 0.2) is 0 Å². The summed E-state index contributed by atoms with van der Waals surface area (Å²) in [6.07, 6.45) is 4.41. The Balaban J connectivity index is 3.23. The molecule has 0 saturated heterocycles.